The Morgan fingerprint density at radius 3 is 2.77 bits per heavy atom. The normalized spacial score (nSPS) is 20.2. The third kappa shape index (κ3) is 5.59. The van der Waals surface area contributed by atoms with E-state index in [-0.39, 0.29) is 5.84 Å². The van der Waals surface area contributed by atoms with Gasteiger partial charge in [-0.2, -0.15) is 0 Å². The lowest BCUT2D eigenvalue weighted by Crippen LogP contribution is -2.34. The Labute approximate surface area is 178 Å². The number of aliphatic imine (C=N–C) groups is 1. The van der Waals surface area contributed by atoms with E-state index in [0.717, 1.165) is 34.5 Å². The number of hydrogen-bond donors (Lipinski definition) is 6. The highest BCUT2D eigenvalue weighted by Crippen LogP contribution is 2.28. The zero-order valence-corrected chi connectivity index (χ0v) is 17.5. The average molecular weight is 406 g/mol. The number of nitrogens with two attached hydrogens (primary N) is 1. The topological polar surface area (TPSA) is 122 Å². The van der Waals surface area contributed by atoms with Crippen molar-refractivity contribution >= 4 is 18.3 Å². The van der Waals surface area contributed by atoms with Crippen molar-refractivity contribution in [3.63, 3.8) is 0 Å². The molecule has 0 unspecified atom stereocenters. The zero-order valence-electron chi connectivity index (χ0n) is 17.5. The molecule has 3 rings (SSSR count). The second-order valence-electron chi connectivity index (χ2n) is 7.71. The van der Waals surface area contributed by atoms with Crippen LogP contribution in [0.2, 0.25) is 0 Å². The predicted molar refractivity (Wildman–Crippen MR) is 124 cm³/mol. The Morgan fingerprint density at radius 1 is 1.27 bits per heavy atom. The highest BCUT2D eigenvalue weighted by Gasteiger charge is 2.17. The standard InChI is InChI=1S/C23H31N7/c1-27-14-19(13-25)18-11-21-20(28-15-18)7-8-23(29-21)30-22(26)10-17(12-24)9-16-5-3-2-4-6-16/h7-8,10-16,24,28-29H,2-6,9,25H2,1H3,(H2,26,30). The number of rotatable bonds is 7. The Morgan fingerprint density at radius 2 is 2.07 bits per heavy atom. The largest absolute Gasteiger partial charge is 0.404 e. The lowest BCUT2D eigenvalue weighted by atomic mass is 9.85. The van der Waals surface area contributed by atoms with Crippen molar-refractivity contribution in [2.24, 2.45) is 16.6 Å². The molecule has 1 fully saturated rings. The monoisotopic (exact) mass is 405 g/mol. The number of allylic oxidation sites excluding steroid dienone is 6. The van der Waals surface area contributed by atoms with Crippen molar-refractivity contribution in [1.29, 1.82) is 10.8 Å². The Bertz CT molecular complexity index is 891. The number of nitrogens with one attached hydrogen (secondary N) is 5. The number of nitrogens with zero attached hydrogens (tertiary/aromatic N) is 1. The molecule has 30 heavy (non-hydrogen) atoms. The van der Waals surface area contributed by atoms with Crippen molar-refractivity contribution in [3.05, 3.63) is 70.6 Å². The van der Waals surface area contributed by atoms with Gasteiger partial charge in [0, 0.05) is 43.0 Å². The number of dihydropyridines is 2. The molecule has 0 radical (unpaired) electrons. The van der Waals surface area contributed by atoms with Crippen LogP contribution in [0.15, 0.2) is 75.6 Å². The summed E-state index contributed by atoms with van der Waals surface area (Å²) in [6, 6.07) is 0. The van der Waals surface area contributed by atoms with Gasteiger partial charge in [-0.15, -0.1) is 0 Å². The van der Waals surface area contributed by atoms with E-state index in [1.807, 2.05) is 24.4 Å². The van der Waals surface area contributed by atoms with Gasteiger partial charge >= 0.3 is 0 Å². The number of amidine groups is 1. The number of fused-ring (bicyclic) bond motifs is 1. The second kappa shape index (κ2) is 10.4. The Balaban J connectivity index is 1.63. The third-order valence-corrected chi connectivity index (χ3v) is 5.47. The first-order valence-electron chi connectivity index (χ1n) is 10.4. The molecule has 7 N–H and O–H groups in total. The van der Waals surface area contributed by atoms with Gasteiger partial charge in [0.25, 0.3) is 0 Å². The summed E-state index contributed by atoms with van der Waals surface area (Å²) in [5.41, 5.74) is 10.2. The minimum Gasteiger partial charge on any atom is -0.404 e. The Kier molecular flexibility index (Phi) is 7.43. The second-order valence-corrected chi connectivity index (χ2v) is 7.71. The van der Waals surface area contributed by atoms with E-state index in [1.54, 1.807) is 19.3 Å². The quantitative estimate of drug-likeness (QED) is 0.287. The van der Waals surface area contributed by atoms with Gasteiger partial charge in [-0.1, -0.05) is 32.1 Å². The van der Waals surface area contributed by atoms with Gasteiger partial charge in [0.05, 0.1) is 11.4 Å². The van der Waals surface area contributed by atoms with Crippen molar-refractivity contribution in [2.45, 2.75) is 38.5 Å². The smallest absolute Gasteiger partial charge is 0.123 e. The maximum atomic E-state index is 8.32. The summed E-state index contributed by atoms with van der Waals surface area (Å²) >= 11 is 0. The molecule has 0 atom stereocenters. The summed E-state index contributed by atoms with van der Waals surface area (Å²) in [6.07, 6.45) is 21.3. The van der Waals surface area contributed by atoms with Crippen LogP contribution >= 0.6 is 0 Å². The van der Waals surface area contributed by atoms with E-state index < -0.39 is 0 Å². The molecule has 1 saturated carbocycles. The van der Waals surface area contributed by atoms with Crippen molar-refractivity contribution in [1.82, 2.24) is 16.0 Å². The molecule has 0 aromatic heterocycles. The molecule has 0 aromatic rings. The summed E-state index contributed by atoms with van der Waals surface area (Å²) in [7, 11) is 1.71. The first kappa shape index (κ1) is 21.4. The fraction of sp³-hybridized carbons (Fsp3) is 0.348. The van der Waals surface area contributed by atoms with Gasteiger partial charge < -0.3 is 27.1 Å². The molecule has 0 bridgehead atoms. The van der Waals surface area contributed by atoms with Gasteiger partial charge in [-0.05, 0) is 42.2 Å². The number of hydrogen-bond acceptors (Lipinski definition) is 6. The molecule has 0 aromatic carbocycles. The molecular weight excluding hydrogens is 374 g/mol. The summed E-state index contributed by atoms with van der Waals surface area (Å²) in [6.45, 7) is 0. The maximum Gasteiger partial charge on any atom is 0.123 e. The van der Waals surface area contributed by atoms with Crippen LogP contribution in [0.4, 0.5) is 0 Å². The molecule has 7 heteroatoms. The highest BCUT2D eigenvalue weighted by atomic mass is 15.1. The van der Waals surface area contributed by atoms with E-state index in [9.17, 15) is 0 Å². The van der Waals surface area contributed by atoms with E-state index in [2.05, 4.69) is 20.9 Å². The van der Waals surface area contributed by atoms with Crippen LogP contribution in [0, 0.1) is 16.7 Å². The van der Waals surface area contributed by atoms with E-state index in [1.165, 1.54) is 44.5 Å². The lowest BCUT2D eigenvalue weighted by molar-refractivity contribution is 0.359. The van der Waals surface area contributed by atoms with Crippen LogP contribution < -0.4 is 21.7 Å². The van der Waals surface area contributed by atoms with E-state index in [4.69, 9.17) is 16.6 Å². The van der Waals surface area contributed by atoms with Crippen LogP contribution in [-0.2, 0) is 0 Å². The summed E-state index contributed by atoms with van der Waals surface area (Å²) in [5.74, 6) is 1.61. The lowest BCUT2D eigenvalue weighted by Gasteiger charge is -2.25. The van der Waals surface area contributed by atoms with Crippen LogP contribution in [0.5, 0.6) is 0 Å². The molecule has 3 aliphatic rings. The minimum absolute atomic E-state index is 0.265. The molecule has 158 valence electrons. The van der Waals surface area contributed by atoms with Gasteiger partial charge in [-0.3, -0.25) is 10.4 Å². The fourth-order valence-electron chi connectivity index (χ4n) is 3.95. The third-order valence-electron chi connectivity index (χ3n) is 5.47. The summed E-state index contributed by atoms with van der Waals surface area (Å²) < 4.78 is 0. The summed E-state index contributed by atoms with van der Waals surface area (Å²) in [5, 5.41) is 25.7. The highest BCUT2D eigenvalue weighted by molar-refractivity contribution is 5.96. The molecule has 2 heterocycles. The summed E-state index contributed by atoms with van der Waals surface area (Å²) in [4.78, 5) is 4.03. The molecular formula is C23H31N7. The van der Waals surface area contributed by atoms with Gasteiger partial charge in [-0.25, -0.2) is 0 Å². The minimum atomic E-state index is 0.265. The molecule has 2 aliphatic heterocycles. The predicted octanol–water partition coefficient (Wildman–Crippen LogP) is 3.34. The maximum absolute atomic E-state index is 8.32. The van der Waals surface area contributed by atoms with Crippen LogP contribution in [0.25, 0.3) is 0 Å². The van der Waals surface area contributed by atoms with Gasteiger partial charge in [0.2, 0.25) is 0 Å². The molecule has 0 spiro atoms. The van der Waals surface area contributed by atoms with Crippen LogP contribution in [0.3, 0.4) is 0 Å². The van der Waals surface area contributed by atoms with Crippen LogP contribution in [-0.4, -0.2) is 25.3 Å². The van der Waals surface area contributed by atoms with Crippen molar-refractivity contribution < 1.29 is 0 Å². The first-order valence-corrected chi connectivity index (χ1v) is 10.4. The van der Waals surface area contributed by atoms with Crippen LogP contribution in [0.1, 0.15) is 38.5 Å². The van der Waals surface area contributed by atoms with Gasteiger partial charge in [0.1, 0.15) is 11.7 Å². The average Bonchev–Trinajstić information content (AvgIpc) is 2.77. The van der Waals surface area contributed by atoms with E-state index >= 15 is 0 Å². The zero-order chi connectivity index (χ0) is 21.3. The SMILES string of the molecule is CN=CC(=CN)C1=CNC2=CC=C(NC(=N)C=C(C=N)CC3CCCCC3)NC2=C1. The van der Waals surface area contributed by atoms with Gasteiger partial charge in [0.15, 0.2) is 0 Å². The first-order chi connectivity index (χ1) is 14.6. The molecule has 7 nitrogen and oxygen atoms in total. The molecule has 0 saturated heterocycles. The molecule has 0 amide bonds. The van der Waals surface area contributed by atoms with E-state index in [0.29, 0.717) is 11.7 Å². The van der Waals surface area contributed by atoms with Crippen molar-refractivity contribution in [3.8, 4) is 0 Å². The molecule has 1 aliphatic carbocycles. The van der Waals surface area contributed by atoms with Crippen molar-refractivity contribution in [2.75, 3.05) is 7.05 Å². The Hall–Kier alpha value is -3.35. The fourth-order valence-corrected chi connectivity index (χ4v) is 3.95.